The molecule has 0 fully saturated rings. The molecule has 15 nitrogen and oxygen atoms in total. The number of hydrogen-bond donors (Lipinski definition) is 12. The molecule has 3 aromatic carbocycles. The Morgan fingerprint density at radius 1 is 0.887 bits per heavy atom. The van der Waals surface area contributed by atoms with Crippen LogP contribution in [0.25, 0.3) is 0 Å². The second-order valence-corrected chi connectivity index (χ2v) is 13.5. The summed E-state index contributed by atoms with van der Waals surface area (Å²) in [6, 6.07) is 7.30. The largest absolute Gasteiger partial charge is 0.510 e. The van der Waals surface area contributed by atoms with Gasteiger partial charge in [0.25, 0.3) is 0 Å². The molecule has 284 valence electrons. The molecule has 2 aliphatic heterocycles. The van der Waals surface area contributed by atoms with Gasteiger partial charge in [-0.3, -0.25) is 0 Å². The van der Waals surface area contributed by atoms with Crippen molar-refractivity contribution in [3.05, 3.63) is 94.0 Å². The van der Waals surface area contributed by atoms with E-state index < -0.39 is 83.5 Å². The summed E-state index contributed by atoms with van der Waals surface area (Å²) in [6.07, 6.45) is -5.75. The van der Waals surface area contributed by atoms with Crippen LogP contribution in [0.3, 0.4) is 0 Å². The second-order valence-electron chi connectivity index (χ2n) is 13.5. The van der Waals surface area contributed by atoms with Crippen LogP contribution >= 0.6 is 0 Å². The highest BCUT2D eigenvalue weighted by atomic mass is 16.6. The average Bonchev–Trinajstić information content (AvgIpc) is 3.10. The third-order valence-corrected chi connectivity index (χ3v) is 10.1. The van der Waals surface area contributed by atoms with Crippen LogP contribution in [-0.2, 0) is 11.2 Å². The van der Waals surface area contributed by atoms with Crippen molar-refractivity contribution in [2.24, 2.45) is 5.92 Å². The van der Waals surface area contributed by atoms with E-state index in [1.165, 1.54) is 30.3 Å². The van der Waals surface area contributed by atoms with Gasteiger partial charge in [0.05, 0.1) is 0 Å². The van der Waals surface area contributed by atoms with Crippen molar-refractivity contribution in [2.75, 3.05) is 0 Å². The highest BCUT2D eigenvalue weighted by Gasteiger charge is 2.45. The van der Waals surface area contributed by atoms with Gasteiger partial charge in [0.2, 0.25) is 0 Å². The van der Waals surface area contributed by atoms with Crippen LogP contribution in [0.4, 0.5) is 0 Å². The van der Waals surface area contributed by atoms with E-state index in [-0.39, 0.29) is 75.8 Å². The van der Waals surface area contributed by atoms with Gasteiger partial charge in [0, 0.05) is 58.7 Å². The molecule has 3 aliphatic rings. The molecule has 0 aromatic heterocycles. The van der Waals surface area contributed by atoms with Crippen LogP contribution in [0.15, 0.2) is 71.7 Å². The Kier molecular flexibility index (Phi) is 10.3. The number of aliphatic hydroxyl groups is 6. The van der Waals surface area contributed by atoms with E-state index in [4.69, 9.17) is 14.2 Å². The highest BCUT2D eigenvalue weighted by Crippen LogP contribution is 2.57. The molecule has 0 spiro atoms. The summed E-state index contributed by atoms with van der Waals surface area (Å²) in [6.45, 7) is 3.35. The minimum Gasteiger partial charge on any atom is -0.510 e. The first-order chi connectivity index (χ1) is 25.1. The Hall–Kier alpha value is -5.32. The van der Waals surface area contributed by atoms with Gasteiger partial charge in [-0.15, -0.1) is 0 Å². The van der Waals surface area contributed by atoms with E-state index in [2.05, 4.69) is 0 Å². The summed E-state index contributed by atoms with van der Waals surface area (Å²) in [7, 11) is 0. The van der Waals surface area contributed by atoms with Crippen molar-refractivity contribution >= 4 is 0 Å². The SMILES string of the molecule is C/C=C(/O)C(O)CCC1Oc2cc(O)cc(O)c2C(c2c(O)cc(O)c3c2OC(c2ccc(O)c(O)c2)C(OC(O)C2=CC(O)C(O)C(O)=C2)C3)C1C. The van der Waals surface area contributed by atoms with Crippen molar-refractivity contribution in [3.63, 3.8) is 0 Å². The fraction of sp³-hybridized carbons (Fsp3) is 0.368. The summed E-state index contributed by atoms with van der Waals surface area (Å²) in [5, 5.41) is 127. The number of ether oxygens (including phenoxy) is 3. The van der Waals surface area contributed by atoms with E-state index >= 15 is 0 Å². The summed E-state index contributed by atoms with van der Waals surface area (Å²) >= 11 is 0. The smallest absolute Gasteiger partial charge is 0.181 e. The predicted octanol–water partition coefficient (Wildman–Crippen LogP) is 3.54. The quantitative estimate of drug-likeness (QED) is 0.0851. The van der Waals surface area contributed by atoms with Crippen LogP contribution in [0.1, 0.15) is 61.0 Å². The molecule has 1 aliphatic carbocycles. The molecule has 12 N–H and O–H groups in total. The predicted molar refractivity (Wildman–Crippen MR) is 185 cm³/mol. The van der Waals surface area contributed by atoms with Crippen molar-refractivity contribution in [1.29, 1.82) is 0 Å². The summed E-state index contributed by atoms with van der Waals surface area (Å²) in [5.74, 6) is -4.81. The molecule has 9 atom stereocenters. The first-order valence-corrected chi connectivity index (χ1v) is 16.9. The minimum absolute atomic E-state index is 0.0371. The Bertz CT molecular complexity index is 1970. The number of rotatable bonds is 9. The van der Waals surface area contributed by atoms with E-state index in [9.17, 15) is 61.3 Å². The zero-order valence-electron chi connectivity index (χ0n) is 28.6. The molecule has 3 aromatic rings. The maximum absolute atomic E-state index is 11.6. The minimum atomic E-state index is -1.81. The number of fused-ring (bicyclic) bond motifs is 2. The summed E-state index contributed by atoms with van der Waals surface area (Å²) < 4.78 is 18.8. The number of aromatic hydroxyl groups is 6. The molecular formula is C38H42O15. The van der Waals surface area contributed by atoms with Crippen LogP contribution < -0.4 is 9.47 Å². The number of phenolic OH excluding ortho intramolecular Hbond substituents is 6. The van der Waals surface area contributed by atoms with Gasteiger partial charge in [-0.2, -0.15) is 0 Å². The number of allylic oxidation sites excluding steroid dienone is 1. The first kappa shape index (κ1) is 37.4. The fourth-order valence-electron chi connectivity index (χ4n) is 7.27. The monoisotopic (exact) mass is 738 g/mol. The lowest BCUT2D eigenvalue weighted by Gasteiger charge is -2.42. The van der Waals surface area contributed by atoms with E-state index in [0.717, 1.165) is 24.3 Å². The molecule has 53 heavy (non-hydrogen) atoms. The normalized spacial score (nSPS) is 26.6. The number of phenols is 6. The third kappa shape index (κ3) is 7.09. The van der Waals surface area contributed by atoms with Crippen LogP contribution in [0, 0.1) is 5.92 Å². The van der Waals surface area contributed by atoms with Crippen molar-refractivity contribution in [2.45, 2.75) is 81.9 Å². The molecule has 2 heterocycles. The first-order valence-electron chi connectivity index (χ1n) is 16.9. The molecule has 9 unspecified atom stereocenters. The van der Waals surface area contributed by atoms with Crippen molar-refractivity contribution in [3.8, 4) is 46.0 Å². The topological polar surface area (TPSA) is 270 Å². The molecule has 0 saturated carbocycles. The van der Waals surface area contributed by atoms with Gasteiger partial charge in [-0.05, 0) is 55.7 Å². The van der Waals surface area contributed by atoms with Crippen LogP contribution in [0.5, 0.6) is 46.0 Å². The maximum Gasteiger partial charge on any atom is 0.181 e. The Labute approximate surface area is 303 Å². The van der Waals surface area contributed by atoms with Crippen molar-refractivity contribution < 1.29 is 75.5 Å². The van der Waals surface area contributed by atoms with Gasteiger partial charge >= 0.3 is 0 Å². The Morgan fingerprint density at radius 2 is 1.60 bits per heavy atom. The van der Waals surface area contributed by atoms with Gasteiger partial charge in [0.15, 0.2) is 23.9 Å². The molecule has 0 radical (unpaired) electrons. The number of hydrogen-bond acceptors (Lipinski definition) is 15. The van der Waals surface area contributed by atoms with E-state index in [0.29, 0.717) is 0 Å². The fourth-order valence-corrected chi connectivity index (χ4v) is 7.27. The lowest BCUT2D eigenvalue weighted by atomic mass is 9.73. The average molecular weight is 739 g/mol. The molecule has 6 rings (SSSR count). The van der Waals surface area contributed by atoms with Crippen LogP contribution in [0.2, 0.25) is 0 Å². The molecule has 0 amide bonds. The number of aliphatic hydroxyl groups excluding tert-OH is 6. The third-order valence-electron chi connectivity index (χ3n) is 10.1. The second kappa shape index (κ2) is 14.6. The van der Waals surface area contributed by atoms with E-state index in [1.54, 1.807) is 13.8 Å². The summed E-state index contributed by atoms with van der Waals surface area (Å²) in [4.78, 5) is 0. The van der Waals surface area contributed by atoms with Crippen LogP contribution in [-0.4, -0.2) is 98.1 Å². The Balaban J connectivity index is 1.46. The molecule has 15 heteroatoms. The Morgan fingerprint density at radius 3 is 2.28 bits per heavy atom. The zero-order chi connectivity index (χ0) is 38.5. The maximum atomic E-state index is 11.6. The highest BCUT2D eigenvalue weighted by molar-refractivity contribution is 5.65. The lowest BCUT2D eigenvalue weighted by Crippen LogP contribution is -2.39. The molecule has 0 bridgehead atoms. The number of benzene rings is 3. The standard InChI is InChI=1S/C38H42O15/c1-3-20(40)21(41)6-7-29-15(2)32(33-25(45)11-18(39)12-30(33)51-29)34-26(46)14-23(43)19-13-31(52-38(50)17-9-27(47)35(49)28(48)10-17)36(53-37(19)34)16-4-5-22(42)24(44)8-16/h3-5,8-12,14-15,21,27,29,31-32,35-36,38-50H,6-7,13H2,1-2H3/b20-3+. The van der Waals surface area contributed by atoms with Gasteiger partial charge in [-0.25, -0.2) is 0 Å². The van der Waals surface area contributed by atoms with E-state index in [1.807, 2.05) is 0 Å². The molecule has 0 saturated heterocycles. The van der Waals surface area contributed by atoms with Gasteiger partial charge in [-0.1, -0.05) is 13.0 Å². The summed E-state index contributed by atoms with van der Waals surface area (Å²) in [5.41, 5.74) is 0.528. The lowest BCUT2D eigenvalue weighted by molar-refractivity contribution is -0.146. The van der Waals surface area contributed by atoms with Gasteiger partial charge < -0.3 is 75.5 Å². The zero-order valence-corrected chi connectivity index (χ0v) is 28.6. The molecular weight excluding hydrogens is 696 g/mol. The van der Waals surface area contributed by atoms with Gasteiger partial charge in [0.1, 0.15) is 76.5 Å². The van der Waals surface area contributed by atoms with Crippen molar-refractivity contribution in [1.82, 2.24) is 0 Å².